The van der Waals surface area contributed by atoms with Crippen molar-refractivity contribution in [1.29, 1.82) is 0 Å². The van der Waals surface area contributed by atoms with Crippen LogP contribution in [0.4, 0.5) is 0 Å². The molecule has 1 N–H and O–H groups in total. The summed E-state index contributed by atoms with van der Waals surface area (Å²) in [6.45, 7) is 8.78. The standard InChI is InChI=1S/C16H23NO2/c1-16(2,3)7-9-19-15(18)13-5-4-12-6-8-17-11-14(12)10-13/h4-5,10,17H,6-9,11H2,1-3H3. The molecule has 1 aromatic rings. The minimum absolute atomic E-state index is 0.194. The Hall–Kier alpha value is -1.35. The number of nitrogens with one attached hydrogen (secondary N) is 1. The van der Waals surface area contributed by atoms with Crippen molar-refractivity contribution in [3.63, 3.8) is 0 Å². The van der Waals surface area contributed by atoms with Gasteiger partial charge in [0.1, 0.15) is 0 Å². The number of carbonyl (C=O) groups excluding carboxylic acids is 1. The van der Waals surface area contributed by atoms with E-state index in [1.807, 2.05) is 12.1 Å². The van der Waals surface area contributed by atoms with Gasteiger partial charge in [-0.15, -0.1) is 0 Å². The summed E-state index contributed by atoms with van der Waals surface area (Å²) in [7, 11) is 0. The molecule has 0 aromatic heterocycles. The van der Waals surface area contributed by atoms with Crippen LogP contribution >= 0.6 is 0 Å². The molecule has 1 aromatic carbocycles. The summed E-state index contributed by atoms with van der Waals surface area (Å²) in [5.74, 6) is -0.211. The van der Waals surface area contributed by atoms with Gasteiger partial charge in [0.15, 0.2) is 0 Å². The first-order chi connectivity index (χ1) is 8.96. The fourth-order valence-corrected chi connectivity index (χ4v) is 2.14. The van der Waals surface area contributed by atoms with E-state index in [2.05, 4.69) is 32.2 Å². The van der Waals surface area contributed by atoms with Crippen molar-refractivity contribution in [2.75, 3.05) is 13.2 Å². The van der Waals surface area contributed by atoms with E-state index in [-0.39, 0.29) is 11.4 Å². The predicted octanol–water partition coefficient (Wildman–Crippen LogP) is 2.93. The Morgan fingerprint density at radius 1 is 1.32 bits per heavy atom. The minimum atomic E-state index is -0.211. The third-order valence-corrected chi connectivity index (χ3v) is 3.41. The highest BCUT2D eigenvalue weighted by atomic mass is 16.5. The molecule has 0 spiro atoms. The summed E-state index contributed by atoms with van der Waals surface area (Å²) in [6.07, 6.45) is 1.92. The van der Waals surface area contributed by atoms with E-state index < -0.39 is 0 Å². The van der Waals surface area contributed by atoms with Crippen molar-refractivity contribution in [1.82, 2.24) is 5.32 Å². The number of benzene rings is 1. The van der Waals surface area contributed by atoms with Crippen LogP contribution in [0, 0.1) is 5.41 Å². The second-order valence-corrected chi connectivity index (χ2v) is 6.36. The zero-order valence-electron chi connectivity index (χ0n) is 12.1. The molecule has 1 heterocycles. The average Bonchev–Trinajstić information content (AvgIpc) is 2.36. The van der Waals surface area contributed by atoms with Crippen molar-refractivity contribution in [2.24, 2.45) is 5.41 Å². The van der Waals surface area contributed by atoms with Gasteiger partial charge in [-0.2, -0.15) is 0 Å². The van der Waals surface area contributed by atoms with E-state index in [9.17, 15) is 4.79 Å². The Balaban J connectivity index is 1.96. The van der Waals surface area contributed by atoms with Crippen LogP contribution in [0.25, 0.3) is 0 Å². The van der Waals surface area contributed by atoms with Gasteiger partial charge in [0, 0.05) is 6.54 Å². The molecule has 1 aliphatic heterocycles. The van der Waals surface area contributed by atoms with E-state index >= 15 is 0 Å². The highest BCUT2D eigenvalue weighted by molar-refractivity contribution is 5.89. The maximum atomic E-state index is 12.0. The van der Waals surface area contributed by atoms with E-state index in [4.69, 9.17) is 4.74 Å². The largest absolute Gasteiger partial charge is 0.462 e. The second kappa shape index (κ2) is 5.74. The molecule has 2 rings (SSSR count). The highest BCUT2D eigenvalue weighted by Crippen LogP contribution is 2.19. The first-order valence-corrected chi connectivity index (χ1v) is 6.95. The van der Waals surface area contributed by atoms with Crippen molar-refractivity contribution in [3.05, 3.63) is 34.9 Å². The molecule has 0 bridgehead atoms. The first kappa shape index (κ1) is 14.1. The van der Waals surface area contributed by atoms with Gasteiger partial charge in [-0.1, -0.05) is 26.8 Å². The maximum absolute atomic E-state index is 12.0. The van der Waals surface area contributed by atoms with Crippen LogP contribution in [0.15, 0.2) is 18.2 Å². The number of ether oxygens (including phenoxy) is 1. The van der Waals surface area contributed by atoms with Crippen LogP contribution in [0.1, 0.15) is 48.7 Å². The lowest BCUT2D eigenvalue weighted by Gasteiger charge is -2.19. The first-order valence-electron chi connectivity index (χ1n) is 6.95. The molecular weight excluding hydrogens is 238 g/mol. The van der Waals surface area contributed by atoms with Crippen LogP contribution < -0.4 is 5.32 Å². The smallest absolute Gasteiger partial charge is 0.338 e. The van der Waals surface area contributed by atoms with Gasteiger partial charge >= 0.3 is 5.97 Å². The summed E-state index contributed by atoms with van der Waals surface area (Å²) in [5, 5.41) is 3.32. The Bertz CT molecular complexity index is 460. The van der Waals surface area contributed by atoms with Gasteiger partial charge in [-0.05, 0) is 48.1 Å². The predicted molar refractivity (Wildman–Crippen MR) is 76.2 cm³/mol. The molecule has 0 fully saturated rings. The minimum Gasteiger partial charge on any atom is -0.462 e. The third kappa shape index (κ3) is 4.06. The zero-order valence-corrected chi connectivity index (χ0v) is 12.1. The van der Waals surface area contributed by atoms with Crippen molar-refractivity contribution in [3.8, 4) is 0 Å². The van der Waals surface area contributed by atoms with E-state index in [1.54, 1.807) is 0 Å². The van der Waals surface area contributed by atoms with Crippen LogP contribution in [-0.2, 0) is 17.7 Å². The summed E-state index contributed by atoms with van der Waals surface area (Å²) in [4.78, 5) is 12.0. The molecule has 0 saturated heterocycles. The second-order valence-electron chi connectivity index (χ2n) is 6.36. The zero-order chi connectivity index (χ0) is 13.9. The maximum Gasteiger partial charge on any atom is 0.338 e. The summed E-state index contributed by atoms with van der Waals surface area (Å²) >= 11 is 0. The molecule has 0 aliphatic carbocycles. The number of rotatable bonds is 3. The number of esters is 1. The summed E-state index contributed by atoms with van der Waals surface area (Å²) < 4.78 is 5.34. The topological polar surface area (TPSA) is 38.3 Å². The lowest BCUT2D eigenvalue weighted by Crippen LogP contribution is -2.24. The van der Waals surface area contributed by atoms with Crippen molar-refractivity contribution < 1.29 is 9.53 Å². The van der Waals surface area contributed by atoms with Crippen LogP contribution in [0.3, 0.4) is 0 Å². The van der Waals surface area contributed by atoms with E-state index in [1.165, 1.54) is 11.1 Å². The fraction of sp³-hybridized carbons (Fsp3) is 0.562. The van der Waals surface area contributed by atoms with Gasteiger partial charge in [0.25, 0.3) is 0 Å². The SMILES string of the molecule is CC(C)(C)CCOC(=O)c1ccc2c(c1)CNCC2. The Morgan fingerprint density at radius 2 is 2.11 bits per heavy atom. The molecule has 1 aliphatic rings. The van der Waals surface area contributed by atoms with E-state index in [0.717, 1.165) is 25.9 Å². The molecule has 0 saturated carbocycles. The molecule has 19 heavy (non-hydrogen) atoms. The van der Waals surface area contributed by atoms with Gasteiger partial charge in [0.05, 0.1) is 12.2 Å². The Morgan fingerprint density at radius 3 is 2.84 bits per heavy atom. The van der Waals surface area contributed by atoms with E-state index in [0.29, 0.717) is 12.2 Å². The monoisotopic (exact) mass is 261 g/mol. The molecule has 3 heteroatoms. The van der Waals surface area contributed by atoms with Gasteiger partial charge < -0.3 is 10.1 Å². The molecule has 0 atom stereocenters. The summed E-state index contributed by atoms with van der Waals surface area (Å²) in [5.41, 5.74) is 3.41. The lowest BCUT2D eigenvalue weighted by molar-refractivity contribution is 0.0464. The van der Waals surface area contributed by atoms with Crippen molar-refractivity contribution >= 4 is 5.97 Å². The molecule has 0 radical (unpaired) electrons. The van der Waals surface area contributed by atoms with Crippen LogP contribution in [0.5, 0.6) is 0 Å². The Labute approximate surface area is 115 Å². The molecule has 3 nitrogen and oxygen atoms in total. The van der Waals surface area contributed by atoms with Gasteiger partial charge in [-0.25, -0.2) is 4.79 Å². The van der Waals surface area contributed by atoms with Crippen LogP contribution in [0.2, 0.25) is 0 Å². The normalized spacial score (nSPS) is 14.9. The summed E-state index contributed by atoms with van der Waals surface area (Å²) in [6, 6.07) is 5.89. The molecular formula is C16H23NO2. The van der Waals surface area contributed by atoms with Gasteiger partial charge in [0.2, 0.25) is 0 Å². The number of fused-ring (bicyclic) bond motifs is 1. The average molecular weight is 261 g/mol. The molecule has 0 unspecified atom stereocenters. The number of carbonyl (C=O) groups is 1. The molecule has 104 valence electrons. The highest BCUT2D eigenvalue weighted by Gasteiger charge is 2.15. The Kier molecular flexibility index (Phi) is 4.25. The number of hydrogen-bond acceptors (Lipinski definition) is 3. The number of hydrogen-bond donors (Lipinski definition) is 1. The quantitative estimate of drug-likeness (QED) is 0.850. The third-order valence-electron chi connectivity index (χ3n) is 3.41. The van der Waals surface area contributed by atoms with Crippen LogP contribution in [-0.4, -0.2) is 19.1 Å². The fourth-order valence-electron chi connectivity index (χ4n) is 2.14. The van der Waals surface area contributed by atoms with Crippen molar-refractivity contribution in [2.45, 2.75) is 40.2 Å². The lowest BCUT2D eigenvalue weighted by atomic mass is 9.93. The molecule has 0 amide bonds. The van der Waals surface area contributed by atoms with Gasteiger partial charge in [-0.3, -0.25) is 0 Å².